The largest absolute Gasteiger partial charge is 0.383 e. The molecule has 1 aromatic rings. The third-order valence-corrected chi connectivity index (χ3v) is 2.44. The maximum Gasteiger partial charge on any atom is 0.126 e. The first-order valence-corrected chi connectivity index (χ1v) is 6.07. The van der Waals surface area contributed by atoms with Crippen LogP contribution in [0.2, 0.25) is 0 Å². The van der Waals surface area contributed by atoms with Crippen molar-refractivity contribution in [2.75, 3.05) is 33.4 Å². The van der Waals surface area contributed by atoms with Crippen molar-refractivity contribution >= 4 is 0 Å². The topological polar surface area (TPSA) is 33.3 Å². The molecule has 0 saturated heterocycles. The Morgan fingerprint density at radius 1 is 1.00 bits per heavy atom. The van der Waals surface area contributed by atoms with Gasteiger partial charge in [0.15, 0.2) is 0 Å². The molecule has 0 aliphatic carbocycles. The first-order valence-electron chi connectivity index (χ1n) is 6.07. The predicted octanol–water partition coefficient (Wildman–Crippen LogP) is 1.68. The van der Waals surface area contributed by atoms with E-state index in [1.165, 1.54) is 12.1 Å². The second-order valence-electron chi connectivity index (χ2n) is 4.05. The van der Waals surface area contributed by atoms with Crippen LogP contribution in [-0.4, -0.2) is 33.4 Å². The van der Waals surface area contributed by atoms with Gasteiger partial charge in [0, 0.05) is 26.3 Å². The van der Waals surface area contributed by atoms with Crippen molar-refractivity contribution in [2.45, 2.75) is 13.0 Å². The van der Waals surface area contributed by atoms with Gasteiger partial charge in [-0.2, -0.15) is 0 Å². The Balaban J connectivity index is 2.07. The summed E-state index contributed by atoms with van der Waals surface area (Å²) in [5, 5.41) is 6.36. The number of ether oxygens (including phenoxy) is 1. The smallest absolute Gasteiger partial charge is 0.126 e. The first kappa shape index (κ1) is 15.0. The van der Waals surface area contributed by atoms with Crippen molar-refractivity contribution in [3.8, 4) is 0 Å². The highest BCUT2D eigenvalue weighted by atomic mass is 19.1. The van der Waals surface area contributed by atoms with Crippen molar-refractivity contribution in [1.29, 1.82) is 0 Å². The third kappa shape index (κ3) is 6.64. The van der Waals surface area contributed by atoms with Gasteiger partial charge in [-0.15, -0.1) is 0 Å². The van der Waals surface area contributed by atoms with Crippen molar-refractivity contribution in [3.63, 3.8) is 0 Å². The maximum atomic E-state index is 12.9. The quantitative estimate of drug-likeness (QED) is 0.661. The van der Waals surface area contributed by atoms with Gasteiger partial charge in [-0.05, 0) is 37.2 Å². The fraction of sp³-hybridized carbons (Fsp3) is 0.538. The second kappa shape index (κ2) is 8.97. The second-order valence-corrected chi connectivity index (χ2v) is 4.05. The SMILES string of the molecule is COCCNCCCNCc1cc(F)cc(F)c1. The van der Waals surface area contributed by atoms with Crippen LogP contribution in [-0.2, 0) is 11.3 Å². The predicted molar refractivity (Wildman–Crippen MR) is 67.4 cm³/mol. The number of methoxy groups -OCH3 is 1. The van der Waals surface area contributed by atoms with Crippen LogP contribution < -0.4 is 10.6 Å². The fourth-order valence-corrected chi connectivity index (χ4v) is 1.58. The van der Waals surface area contributed by atoms with E-state index in [9.17, 15) is 8.78 Å². The summed E-state index contributed by atoms with van der Waals surface area (Å²) in [5.41, 5.74) is 0.625. The Labute approximate surface area is 107 Å². The van der Waals surface area contributed by atoms with E-state index in [0.717, 1.165) is 32.1 Å². The molecule has 0 saturated carbocycles. The average Bonchev–Trinajstić information content (AvgIpc) is 2.31. The summed E-state index contributed by atoms with van der Waals surface area (Å²) in [6.07, 6.45) is 0.960. The lowest BCUT2D eigenvalue weighted by Gasteiger charge is -2.06. The van der Waals surface area contributed by atoms with Gasteiger partial charge in [-0.25, -0.2) is 8.78 Å². The average molecular weight is 258 g/mol. The van der Waals surface area contributed by atoms with E-state index in [-0.39, 0.29) is 0 Å². The Hall–Kier alpha value is -1.04. The van der Waals surface area contributed by atoms with Crippen molar-refractivity contribution in [1.82, 2.24) is 10.6 Å². The molecule has 0 aliphatic heterocycles. The lowest BCUT2D eigenvalue weighted by Crippen LogP contribution is -2.24. The molecule has 0 aromatic heterocycles. The Morgan fingerprint density at radius 2 is 1.67 bits per heavy atom. The summed E-state index contributed by atoms with van der Waals surface area (Å²) in [6, 6.07) is 3.56. The van der Waals surface area contributed by atoms with E-state index < -0.39 is 11.6 Å². The number of nitrogens with one attached hydrogen (secondary N) is 2. The van der Waals surface area contributed by atoms with Gasteiger partial charge in [0.2, 0.25) is 0 Å². The molecular weight excluding hydrogens is 238 g/mol. The van der Waals surface area contributed by atoms with E-state index >= 15 is 0 Å². The van der Waals surface area contributed by atoms with Gasteiger partial charge in [-0.1, -0.05) is 0 Å². The number of halogens is 2. The van der Waals surface area contributed by atoms with Crippen LogP contribution >= 0.6 is 0 Å². The minimum atomic E-state index is -0.534. The van der Waals surface area contributed by atoms with Crippen LogP contribution in [0.1, 0.15) is 12.0 Å². The molecule has 1 aromatic carbocycles. The molecule has 0 unspecified atom stereocenters. The highest BCUT2D eigenvalue weighted by Crippen LogP contribution is 2.07. The molecule has 18 heavy (non-hydrogen) atoms. The molecule has 1 rings (SSSR count). The summed E-state index contributed by atoms with van der Waals surface area (Å²) in [5.74, 6) is -1.07. The molecule has 3 nitrogen and oxygen atoms in total. The highest BCUT2D eigenvalue weighted by molar-refractivity contribution is 5.17. The zero-order valence-corrected chi connectivity index (χ0v) is 10.6. The van der Waals surface area contributed by atoms with E-state index in [1.807, 2.05) is 0 Å². The normalized spacial score (nSPS) is 10.8. The lowest BCUT2D eigenvalue weighted by atomic mass is 10.2. The highest BCUT2D eigenvalue weighted by Gasteiger charge is 1.99. The number of benzene rings is 1. The van der Waals surface area contributed by atoms with E-state index in [1.54, 1.807) is 7.11 Å². The minimum Gasteiger partial charge on any atom is -0.383 e. The minimum absolute atomic E-state index is 0.479. The molecule has 0 radical (unpaired) electrons. The van der Waals surface area contributed by atoms with Crippen molar-refractivity contribution < 1.29 is 13.5 Å². The number of hydrogen-bond donors (Lipinski definition) is 2. The van der Waals surface area contributed by atoms with E-state index in [0.29, 0.717) is 18.7 Å². The molecule has 0 spiro atoms. The summed E-state index contributed by atoms with van der Waals surface area (Å²) in [7, 11) is 1.67. The zero-order valence-electron chi connectivity index (χ0n) is 10.6. The van der Waals surface area contributed by atoms with Gasteiger partial charge < -0.3 is 15.4 Å². The fourth-order valence-electron chi connectivity index (χ4n) is 1.58. The van der Waals surface area contributed by atoms with Crippen molar-refractivity contribution in [2.24, 2.45) is 0 Å². The van der Waals surface area contributed by atoms with Gasteiger partial charge >= 0.3 is 0 Å². The molecule has 0 fully saturated rings. The van der Waals surface area contributed by atoms with Crippen LogP contribution in [0, 0.1) is 11.6 Å². The van der Waals surface area contributed by atoms with Gasteiger partial charge in [0.1, 0.15) is 11.6 Å². The van der Waals surface area contributed by atoms with Gasteiger partial charge in [0.25, 0.3) is 0 Å². The monoisotopic (exact) mass is 258 g/mol. The summed E-state index contributed by atoms with van der Waals surface area (Å²) in [6.45, 7) is 3.72. The Kier molecular flexibility index (Phi) is 7.48. The van der Waals surface area contributed by atoms with Crippen LogP contribution in [0.5, 0.6) is 0 Å². The van der Waals surface area contributed by atoms with Crippen LogP contribution in [0.4, 0.5) is 8.78 Å². The number of hydrogen-bond acceptors (Lipinski definition) is 3. The van der Waals surface area contributed by atoms with Crippen LogP contribution in [0.3, 0.4) is 0 Å². The molecule has 102 valence electrons. The van der Waals surface area contributed by atoms with E-state index in [2.05, 4.69) is 10.6 Å². The molecule has 0 atom stereocenters. The lowest BCUT2D eigenvalue weighted by molar-refractivity contribution is 0.199. The van der Waals surface area contributed by atoms with Crippen LogP contribution in [0.25, 0.3) is 0 Å². The molecule has 2 N–H and O–H groups in total. The maximum absolute atomic E-state index is 12.9. The molecule has 0 bridgehead atoms. The number of rotatable bonds is 9. The third-order valence-electron chi connectivity index (χ3n) is 2.44. The summed E-state index contributed by atoms with van der Waals surface area (Å²) in [4.78, 5) is 0. The van der Waals surface area contributed by atoms with E-state index in [4.69, 9.17) is 4.74 Å². The molecular formula is C13H20F2N2O. The summed E-state index contributed by atoms with van der Waals surface area (Å²) < 4.78 is 30.7. The zero-order chi connectivity index (χ0) is 13.2. The Bertz CT molecular complexity index is 328. The van der Waals surface area contributed by atoms with Crippen molar-refractivity contribution in [3.05, 3.63) is 35.4 Å². The molecule has 5 heteroatoms. The standard InChI is InChI=1S/C13H20F2N2O/c1-18-6-5-16-3-2-4-17-10-11-7-12(14)9-13(15)8-11/h7-9,16-17H,2-6,10H2,1H3. The molecule has 0 aliphatic rings. The van der Waals surface area contributed by atoms with Gasteiger partial charge in [0.05, 0.1) is 6.61 Å². The summed E-state index contributed by atoms with van der Waals surface area (Å²) >= 11 is 0. The Morgan fingerprint density at radius 3 is 2.33 bits per heavy atom. The van der Waals surface area contributed by atoms with Gasteiger partial charge in [-0.3, -0.25) is 0 Å². The first-order chi connectivity index (χ1) is 8.72. The van der Waals surface area contributed by atoms with Crippen LogP contribution in [0.15, 0.2) is 18.2 Å². The molecule has 0 amide bonds. The molecule has 0 heterocycles.